The molecule has 0 bridgehead atoms. The van der Waals surface area contributed by atoms with E-state index in [2.05, 4.69) is 37.3 Å². The molecule has 2 heteroatoms. The van der Waals surface area contributed by atoms with Gasteiger partial charge in [0, 0.05) is 6.10 Å². The van der Waals surface area contributed by atoms with Gasteiger partial charge in [-0.15, -0.1) is 0 Å². The van der Waals surface area contributed by atoms with Gasteiger partial charge in [-0.2, -0.15) is 0 Å². The van der Waals surface area contributed by atoms with Crippen molar-refractivity contribution >= 4 is 10.5 Å². The molecular formula is C12H20OSi. The fraction of sp³-hybridized carbons (Fsp3) is 0.500. The third-order valence-corrected chi connectivity index (χ3v) is 3.38. The van der Waals surface area contributed by atoms with Crippen LogP contribution >= 0.6 is 0 Å². The van der Waals surface area contributed by atoms with Crippen molar-refractivity contribution in [1.29, 1.82) is 0 Å². The van der Waals surface area contributed by atoms with E-state index >= 15 is 0 Å². The normalized spacial score (nSPS) is 12.9. The number of rotatable bonds is 6. The Hall–Kier alpha value is -0.603. The van der Waals surface area contributed by atoms with Crippen molar-refractivity contribution < 1.29 is 4.43 Å². The number of hydrogen-bond acceptors (Lipinski definition) is 1. The van der Waals surface area contributed by atoms with Crippen LogP contribution in [0, 0.1) is 0 Å². The van der Waals surface area contributed by atoms with Crippen LogP contribution in [0.15, 0.2) is 30.3 Å². The van der Waals surface area contributed by atoms with Gasteiger partial charge >= 0.3 is 0 Å². The Kier molecular flexibility index (Phi) is 5.57. The smallest absolute Gasteiger partial charge is 0.146 e. The van der Waals surface area contributed by atoms with E-state index in [-0.39, 0.29) is 0 Å². The first-order valence-electron chi connectivity index (χ1n) is 5.39. The molecule has 1 aromatic carbocycles. The van der Waals surface area contributed by atoms with Crippen molar-refractivity contribution in [2.75, 3.05) is 0 Å². The summed E-state index contributed by atoms with van der Waals surface area (Å²) in [5.41, 5.74) is 1.45. The molecule has 0 saturated carbocycles. The van der Waals surface area contributed by atoms with Crippen LogP contribution in [0.1, 0.15) is 31.7 Å². The summed E-state index contributed by atoms with van der Waals surface area (Å²) < 4.78 is 5.34. The molecule has 78 valence electrons. The van der Waals surface area contributed by atoms with Crippen molar-refractivity contribution in [3.8, 4) is 0 Å². The molecule has 0 spiro atoms. The van der Waals surface area contributed by atoms with Crippen LogP contribution in [0.4, 0.5) is 0 Å². The Bertz CT molecular complexity index is 235. The maximum atomic E-state index is 5.34. The fourth-order valence-corrected chi connectivity index (χ4v) is 1.76. The van der Waals surface area contributed by atoms with Gasteiger partial charge < -0.3 is 4.43 Å². The zero-order valence-corrected chi connectivity index (χ0v) is 11.2. The first-order chi connectivity index (χ1) is 6.83. The van der Waals surface area contributed by atoms with Crippen LogP contribution in [0.25, 0.3) is 0 Å². The molecule has 0 aliphatic carbocycles. The SMILES string of the molecule is CC(CCCCc1ccccc1)O[SiH3]. The van der Waals surface area contributed by atoms with Crippen molar-refractivity contribution in [2.24, 2.45) is 0 Å². The van der Waals surface area contributed by atoms with Crippen LogP contribution in [-0.2, 0) is 10.8 Å². The highest BCUT2D eigenvalue weighted by atomic mass is 28.2. The second-order valence-electron chi connectivity index (χ2n) is 3.78. The van der Waals surface area contributed by atoms with Crippen molar-refractivity contribution in [3.05, 3.63) is 35.9 Å². The average Bonchev–Trinajstić information content (AvgIpc) is 2.25. The molecular weight excluding hydrogens is 188 g/mol. The first kappa shape index (κ1) is 11.5. The summed E-state index contributed by atoms with van der Waals surface area (Å²) in [7, 11) is 0.867. The van der Waals surface area contributed by atoms with Crippen LogP contribution in [0.2, 0.25) is 0 Å². The second kappa shape index (κ2) is 6.79. The summed E-state index contributed by atoms with van der Waals surface area (Å²) in [6.07, 6.45) is 5.43. The van der Waals surface area contributed by atoms with Crippen LogP contribution < -0.4 is 0 Å². The zero-order chi connectivity index (χ0) is 10.2. The lowest BCUT2D eigenvalue weighted by atomic mass is 10.1. The van der Waals surface area contributed by atoms with Crippen LogP contribution in [0.3, 0.4) is 0 Å². The van der Waals surface area contributed by atoms with Crippen LogP contribution in [-0.4, -0.2) is 16.6 Å². The van der Waals surface area contributed by atoms with E-state index in [0.717, 1.165) is 10.5 Å². The molecule has 0 aliphatic heterocycles. The van der Waals surface area contributed by atoms with Crippen molar-refractivity contribution in [1.82, 2.24) is 0 Å². The molecule has 1 atom stereocenters. The minimum absolute atomic E-state index is 0.470. The third-order valence-electron chi connectivity index (χ3n) is 2.57. The average molecular weight is 208 g/mol. The van der Waals surface area contributed by atoms with Crippen LogP contribution in [0.5, 0.6) is 0 Å². The highest BCUT2D eigenvalue weighted by Crippen LogP contribution is 2.08. The quantitative estimate of drug-likeness (QED) is 0.514. The van der Waals surface area contributed by atoms with E-state index in [0.29, 0.717) is 6.10 Å². The molecule has 0 heterocycles. The standard InChI is InChI=1S/C12H20OSi/c1-11(13-14)7-5-6-10-12-8-3-2-4-9-12/h2-4,8-9,11H,5-7,10H2,1,14H3. The molecule has 0 aliphatic rings. The van der Waals surface area contributed by atoms with E-state index in [1.165, 1.54) is 31.2 Å². The topological polar surface area (TPSA) is 9.23 Å². The Morgan fingerprint density at radius 2 is 1.93 bits per heavy atom. The van der Waals surface area contributed by atoms with E-state index < -0.39 is 0 Å². The Balaban J connectivity index is 2.10. The van der Waals surface area contributed by atoms with Gasteiger partial charge in [0.1, 0.15) is 10.5 Å². The predicted molar refractivity (Wildman–Crippen MR) is 64.5 cm³/mol. The summed E-state index contributed by atoms with van der Waals surface area (Å²) in [5, 5.41) is 0. The maximum Gasteiger partial charge on any atom is 0.146 e. The number of aryl methyl sites for hydroxylation is 1. The molecule has 0 radical (unpaired) electrons. The molecule has 0 amide bonds. The lowest BCUT2D eigenvalue weighted by Gasteiger charge is -2.08. The summed E-state index contributed by atoms with van der Waals surface area (Å²) in [6, 6.07) is 10.7. The molecule has 1 unspecified atom stereocenters. The minimum atomic E-state index is 0.470. The molecule has 14 heavy (non-hydrogen) atoms. The third kappa shape index (κ3) is 4.58. The van der Waals surface area contributed by atoms with Crippen molar-refractivity contribution in [3.63, 3.8) is 0 Å². The molecule has 1 nitrogen and oxygen atoms in total. The van der Waals surface area contributed by atoms with Gasteiger partial charge in [0.15, 0.2) is 0 Å². The van der Waals surface area contributed by atoms with Gasteiger partial charge in [0.05, 0.1) is 0 Å². The maximum absolute atomic E-state index is 5.34. The molecule has 1 aromatic rings. The summed E-state index contributed by atoms with van der Waals surface area (Å²) in [5.74, 6) is 0. The Labute approximate surface area is 90.0 Å². The molecule has 0 saturated heterocycles. The molecule has 1 rings (SSSR count). The van der Waals surface area contributed by atoms with Gasteiger partial charge in [-0.05, 0) is 31.7 Å². The summed E-state index contributed by atoms with van der Waals surface area (Å²) >= 11 is 0. The lowest BCUT2D eigenvalue weighted by Crippen LogP contribution is -2.05. The first-order valence-corrected chi connectivity index (χ1v) is 6.21. The summed E-state index contributed by atoms with van der Waals surface area (Å²) in [4.78, 5) is 0. The van der Waals surface area contributed by atoms with E-state index in [4.69, 9.17) is 4.43 Å². The van der Waals surface area contributed by atoms with Gasteiger partial charge in [0.25, 0.3) is 0 Å². The van der Waals surface area contributed by atoms with Gasteiger partial charge in [-0.1, -0.05) is 36.8 Å². The van der Waals surface area contributed by atoms with Gasteiger partial charge in [-0.25, -0.2) is 0 Å². The Morgan fingerprint density at radius 3 is 2.57 bits per heavy atom. The highest BCUT2D eigenvalue weighted by Gasteiger charge is 1.98. The van der Waals surface area contributed by atoms with E-state index in [9.17, 15) is 0 Å². The molecule has 0 N–H and O–H groups in total. The lowest BCUT2D eigenvalue weighted by molar-refractivity contribution is 0.227. The van der Waals surface area contributed by atoms with Gasteiger partial charge in [-0.3, -0.25) is 0 Å². The largest absolute Gasteiger partial charge is 0.425 e. The monoisotopic (exact) mass is 208 g/mol. The minimum Gasteiger partial charge on any atom is -0.425 e. The van der Waals surface area contributed by atoms with E-state index in [1.807, 2.05) is 0 Å². The number of unbranched alkanes of at least 4 members (excludes halogenated alkanes) is 1. The second-order valence-corrected chi connectivity index (χ2v) is 4.25. The number of benzene rings is 1. The predicted octanol–water partition coefficient (Wildman–Crippen LogP) is 2.08. The zero-order valence-electron chi connectivity index (χ0n) is 9.20. The molecule has 0 aromatic heterocycles. The van der Waals surface area contributed by atoms with Gasteiger partial charge in [0.2, 0.25) is 0 Å². The number of hydrogen-bond donors (Lipinski definition) is 0. The Morgan fingerprint density at radius 1 is 1.21 bits per heavy atom. The summed E-state index contributed by atoms with van der Waals surface area (Å²) in [6.45, 7) is 2.16. The highest BCUT2D eigenvalue weighted by molar-refractivity contribution is 5.98. The van der Waals surface area contributed by atoms with E-state index in [1.54, 1.807) is 0 Å². The van der Waals surface area contributed by atoms with Crippen molar-refractivity contribution in [2.45, 2.75) is 38.7 Å². The fourth-order valence-electron chi connectivity index (χ4n) is 1.52. The molecule has 0 fully saturated rings.